The first-order valence-corrected chi connectivity index (χ1v) is 9.43. The summed E-state index contributed by atoms with van der Waals surface area (Å²) in [6, 6.07) is 19.7. The first-order chi connectivity index (χ1) is 14.4. The monoisotopic (exact) mass is 407 g/mol. The quantitative estimate of drug-likeness (QED) is 0.575. The molecule has 6 heteroatoms. The molecule has 3 aromatic carbocycles. The highest BCUT2D eigenvalue weighted by Crippen LogP contribution is 2.23. The predicted octanol–water partition coefficient (Wildman–Crippen LogP) is 4.74. The maximum absolute atomic E-state index is 13.0. The van der Waals surface area contributed by atoms with E-state index in [1.807, 2.05) is 38.1 Å². The second-order valence-corrected chi connectivity index (χ2v) is 6.83. The highest BCUT2D eigenvalue weighted by Gasteiger charge is 2.25. The summed E-state index contributed by atoms with van der Waals surface area (Å²) in [5.41, 5.74) is 3.08. The lowest BCUT2D eigenvalue weighted by Crippen LogP contribution is -2.28. The Kier molecular flexibility index (Phi) is 6.80. The smallest absolute Gasteiger partial charge is 0.345 e. The summed E-state index contributed by atoms with van der Waals surface area (Å²) in [4.78, 5) is 25.3. The number of hydrogen-bond donors (Lipinski definition) is 1. The van der Waals surface area contributed by atoms with Crippen molar-refractivity contribution in [2.24, 2.45) is 0 Å². The summed E-state index contributed by atoms with van der Waals surface area (Å²) in [5.74, 6) is -1.27. The average Bonchev–Trinajstić information content (AvgIpc) is 2.74. The fourth-order valence-corrected chi connectivity index (χ4v) is 2.81. The number of rotatable bonds is 7. The van der Waals surface area contributed by atoms with Gasteiger partial charge in [-0.15, -0.1) is 0 Å². The molecule has 5 nitrogen and oxygen atoms in total. The minimum atomic E-state index is -1.14. The molecule has 0 aromatic heterocycles. The Morgan fingerprint density at radius 3 is 2.37 bits per heavy atom. The van der Waals surface area contributed by atoms with Gasteiger partial charge in [-0.2, -0.15) is 0 Å². The van der Waals surface area contributed by atoms with E-state index in [1.165, 1.54) is 24.3 Å². The lowest BCUT2D eigenvalue weighted by molar-refractivity contribution is -0.156. The van der Waals surface area contributed by atoms with E-state index in [0.29, 0.717) is 17.0 Å². The molecule has 1 atom stereocenters. The standard InChI is InChI=1S/C24H22FNO4/c1-16-8-9-17(2)21(14-16)26-24(28)23(18-6-4-3-5-7-18)30-22(27)15-29-20-12-10-19(25)11-13-20/h3-14,23H,15H2,1-2H3,(H,26,28)/t23-/m1/s1. The van der Waals surface area contributed by atoms with Crippen molar-refractivity contribution >= 4 is 17.6 Å². The molecule has 0 bridgehead atoms. The SMILES string of the molecule is Cc1ccc(C)c(NC(=O)[C@H](OC(=O)COc2ccc(F)cc2)c2ccccc2)c1. The van der Waals surface area contributed by atoms with E-state index in [2.05, 4.69) is 5.32 Å². The largest absolute Gasteiger partial charge is 0.482 e. The molecule has 0 saturated heterocycles. The first-order valence-electron chi connectivity index (χ1n) is 9.43. The van der Waals surface area contributed by atoms with Gasteiger partial charge in [0, 0.05) is 11.3 Å². The van der Waals surface area contributed by atoms with Crippen LogP contribution < -0.4 is 10.1 Å². The average molecular weight is 407 g/mol. The second-order valence-electron chi connectivity index (χ2n) is 6.83. The Bertz CT molecular complexity index is 1020. The number of halogens is 1. The zero-order valence-corrected chi connectivity index (χ0v) is 16.7. The van der Waals surface area contributed by atoms with Crippen molar-refractivity contribution in [2.75, 3.05) is 11.9 Å². The molecule has 154 valence electrons. The summed E-state index contributed by atoms with van der Waals surface area (Å²) in [6.07, 6.45) is -1.14. The van der Waals surface area contributed by atoms with Crippen molar-refractivity contribution in [3.05, 3.63) is 95.3 Å². The van der Waals surface area contributed by atoms with Crippen LogP contribution in [0.2, 0.25) is 0 Å². The molecule has 3 aromatic rings. The third-order valence-electron chi connectivity index (χ3n) is 4.41. The zero-order valence-electron chi connectivity index (χ0n) is 16.7. The number of hydrogen-bond acceptors (Lipinski definition) is 4. The van der Waals surface area contributed by atoms with Gasteiger partial charge in [0.25, 0.3) is 5.91 Å². The van der Waals surface area contributed by atoms with Gasteiger partial charge in [0.05, 0.1) is 0 Å². The normalized spacial score (nSPS) is 11.4. The minimum absolute atomic E-state index is 0.324. The van der Waals surface area contributed by atoms with Gasteiger partial charge in [0.1, 0.15) is 11.6 Å². The Labute approximate surface area is 174 Å². The maximum atomic E-state index is 13.0. The van der Waals surface area contributed by atoms with Crippen molar-refractivity contribution < 1.29 is 23.5 Å². The Hall–Kier alpha value is -3.67. The third-order valence-corrected chi connectivity index (χ3v) is 4.41. The number of carbonyl (C=O) groups excluding carboxylic acids is 2. The van der Waals surface area contributed by atoms with Crippen LogP contribution >= 0.6 is 0 Å². The van der Waals surface area contributed by atoms with Gasteiger partial charge in [-0.3, -0.25) is 4.79 Å². The molecule has 0 aliphatic carbocycles. The molecular formula is C24H22FNO4. The number of nitrogens with one attached hydrogen (secondary N) is 1. The zero-order chi connectivity index (χ0) is 21.5. The molecule has 1 N–H and O–H groups in total. The lowest BCUT2D eigenvalue weighted by Gasteiger charge is -2.19. The number of esters is 1. The van der Waals surface area contributed by atoms with Crippen LogP contribution in [-0.4, -0.2) is 18.5 Å². The Morgan fingerprint density at radius 2 is 1.67 bits per heavy atom. The van der Waals surface area contributed by atoms with Crippen molar-refractivity contribution in [3.8, 4) is 5.75 Å². The van der Waals surface area contributed by atoms with E-state index in [9.17, 15) is 14.0 Å². The Balaban J connectivity index is 1.72. The lowest BCUT2D eigenvalue weighted by atomic mass is 10.1. The van der Waals surface area contributed by atoms with E-state index in [0.717, 1.165) is 11.1 Å². The topological polar surface area (TPSA) is 64.6 Å². The fourth-order valence-electron chi connectivity index (χ4n) is 2.81. The highest BCUT2D eigenvalue weighted by molar-refractivity contribution is 5.96. The van der Waals surface area contributed by atoms with E-state index in [4.69, 9.17) is 9.47 Å². The van der Waals surface area contributed by atoms with Crippen LogP contribution in [0.25, 0.3) is 0 Å². The van der Waals surface area contributed by atoms with Crippen LogP contribution in [-0.2, 0) is 14.3 Å². The Morgan fingerprint density at radius 1 is 0.967 bits per heavy atom. The van der Waals surface area contributed by atoms with Crippen LogP contribution in [0.5, 0.6) is 5.75 Å². The van der Waals surface area contributed by atoms with Crippen LogP contribution in [0.4, 0.5) is 10.1 Å². The highest BCUT2D eigenvalue weighted by atomic mass is 19.1. The number of carbonyl (C=O) groups is 2. The molecule has 0 aliphatic rings. The van der Waals surface area contributed by atoms with Gasteiger partial charge in [-0.1, -0.05) is 42.5 Å². The molecular weight excluding hydrogens is 385 g/mol. The summed E-state index contributed by atoms with van der Waals surface area (Å²) >= 11 is 0. The molecule has 0 fully saturated rings. The van der Waals surface area contributed by atoms with Crippen LogP contribution in [0.15, 0.2) is 72.8 Å². The van der Waals surface area contributed by atoms with Gasteiger partial charge in [-0.25, -0.2) is 9.18 Å². The number of ether oxygens (including phenoxy) is 2. The van der Waals surface area contributed by atoms with Gasteiger partial charge in [0.2, 0.25) is 6.10 Å². The fraction of sp³-hybridized carbons (Fsp3) is 0.167. The van der Waals surface area contributed by atoms with Gasteiger partial charge in [0.15, 0.2) is 6.61 Å². The number of aryl methyl sites for hydroxylation is 2. The second kappa shape index (κ2) is 9.69. The van der Waals surface area contributed by atoms with Crippen LogP contribution in [0.3, 0.4) is 0 Å². The van der Waals surface area contributed by atoms with Crippen LogP contribution in [0.1, 0.15) is 22.8 Å². The molecule has 3 rings (SSSR count). The van der Waals surface area contributed by atoms with E-state index in [-0.39, 0.29) is 0 Å². The van der Waals surface area contributed by atoms with Crippen molar-refractivity contribution in [1.29, 1.82) is 0 Å². The van der Waals surface area contributed by atoms with Gasteiger partial charge in [-0.05, 0) is 55.3 Å². The van der Waals surface area contributed by atoms with Gasteiger partial charge < -0.3 is 14.8 Å². The summed E-state index contributed by atoms with van der Waals surface area (Å²) in [7, 11) is 0. The van der Waals surface area contributed by atoms with Gasteiger partial charge >= 0.3 is 5.97 Å². The molecule has 0 spiro atoms. The number of anilines is 1. The molecule has 0 radical (unpaired) electrons. The summed E-state index contributed by atoms with van der Waals surface area (Å²) < 4.78 is 23.7. The van der Waals surface area contributed by atoms with E-state index in [1.54, 1.807) is 24.3 Å². The third kappa shape index (κ3) is 5.67. The maximum Gasteiger partial charge on any atom is 0.345 e. The summed E-state index contributed by atoms with van der Waals surface area (Å²) in [5, 5.41) is 2.84. The molecule has 0 heterocycles. The molecule has 0 saturated carbocycles. The van der Waals surface area contributed by atoms with Crippen molar-refractivity contribution in [3.63, 3.8) is 0 Å². The molecule has 1 amide bonds. The van der Waals surface area contributed by atoms with E-state index >= 15 is 0 Å². The van der Waals surface area contributed by atoms with E-state index < -0.39 is 30.4 Å². The number of amides is 1. The summed E-state index contributed by atoms with van der Waals surface area (Å²) in [6.45, 7) is 3.40. The number of benzene rings is 3. The van der Waals surface area contributed by atoms with Crippen molar-refractivity contribution in [2.45, 2.75) is 20.0 Å². The minimum Gasteiger partial charge on any atom is -0.482 e. The first kappa shape index (κ1) is 21.0. The predicted molar refractivity (Wildman–Crippen MR) is 112 cm³/mol. The van der Waals surface area contributed by atoms with Crippen LogP contribution in [0, 0.1) is 19.7 Å². The van der Waals surface area contributed by atoms with Crippen molar-refractivity contribution in [1.82, 2.24) is 0 Å². The molecule has 0 aliphatic heterocycles. The molecule has 30 heavy (non-hydrogen) atoms. The molecule has 0 unspecified atom stereocenters.